The zero-order valence-electron chi connectivity index (χ0n) is 12.9. The molecule has 1 atom stereocenters. The van der Waals surface area contributed by atoms with Crippen molar-refractivity contribution in [3.8, 4) is 5.75 Å². The summed E-state index contributed by atoms with van der Waals surface area (Å²) in [5, 5.41) is 7.84. The van der Waals surface area contributed by atoms with Gasteiger partial charge in [0.2, 0.25) is 0 Å². The molecule has 0 unspecified atom stereocenters. The molecule has 7 nitrogen and oxygen atoms in total. The molecule has 0 saturated carbocycles. The summed E-state index contributed by atoms with van der Waals surface area (Å²) in [6, 6.07) is 3.90. The van der Waals surface area contributed by atoms with Gasteiger partial charge >= 0.3 is 0 Å². The lowest BCUT2D eigenvalue weighted by atomic mass is 10.1. The Morgan fingerprint density at radius 1 is 1.48 bits per heavy atom. The first kappa shape index (κ1) is 15.4. The van der Waals surface area contributed by atoms with E-state index < -0.39 is 5.82 Å². The Labute approximate surface area is 132 Å². The molecule has 0 bridgehead atoms. The summed E-state index contributed by atoms with van der Waals surface area (Å²) in [4.78, 5) is 14.3. The Bertz CT molecular complexity index is 718. The molecule has 1 aromatic heterocycles. The summed E-state index contributed by atoms with van der Waals surface area (Å²) in [5.41, 5.74) is 0.200. The van der Waals surface area contributed by atoms with Gasteiger partial charge in [-0.25, -0.2) is 4.39 Å². The van der Waals surface area contributed by atoms with Gasteiger partial charge in [-0.2, -0.15) is 0 Å². The molecular formula is C15H17FN4O3. The predicted molar refractivity (Wildman–Crippen MR) is 78.6 cm³/mol. The molecule has 1 aromatic carbocycles. The minimum absolute atomic E-state index is 0.200. The molecule has 1 fully saturated rings. The Kier molecular flexibility index (Phi) is 4.24. The number of aromatic nitrogens is 3. The van der Waals surface area contributed by atoms with Gasteiger partial charge in [0.1, 0.15) is 24.0 Å². The van der Waals surface area contributed by atoms with E-state index >= 15 is 0 Å². The number of benzene rings is 1. The predicted octanol–water partition coefficient (Wildman–Crippen LogP) is 1.18. The first-order chi connectivity index (χ1) is 11.1. The van der Waals surface area contributed by atoms with Gasteiger partial charge in [0, 0.05) is 13.6 Å². The normalized spacial score (nSPS) is 18.0. The van der Waals surface area contributed by atoms with Crippen molar-refractivity contribution in [1.82, 2.24) is 19.7 Å². The van der Waals surface area contributed by atoms with Crippen LogP contribution in [0.15, 0.2) is 24.5 Å². The van der Waals surface area contributed by atoms with Crippen LogP contribution < -0.4 is 4.74 Å². The topological polar surface area (TPSA) is 69.5 Å². The van der Waals surface area contributed by atoms with E-state index in [9.17, 15) is 9.18 Å². The second-order valence-electron chi connectivity index (χ2n) is 5.26. The SMILES string of the molecule is COc1ccc(F)cc1C(=O)N1CCO[C@H](c2nncn2C)C1. The van der Waals surface area contributed by atoms with Crippen molar-refractivity contribution in [2.75, 3.05) is 26.8 Å². The van der Waals surface area contributed by atoms with E-state index in [1.54, 1.807) is 15.8 Å². The lowest BCUT2D eigenvalue weighted by Gasteiger charge is -2.32. The van der Waals surface area contributed by atoms with Crippen LogP contribution in [0.2, 0.25) is 0 Å². The quantitative estimate of drug-likeness (QED) is 0.849. The van der Waals surface area contributed by atoms with E-state index in [4.69, 9.17) is 9.47 Å². The first-order valence-corrected chi connectivity index (χ1v) is 7.18. The van der Waals surface area contributed by atoms with Crippen LogP contribution in [0.1, 0.15) is 22.3 Å². The number of methoxy groups -OCH3 is 1. The summed E-state index contributed by atoms with van der Waals surface area (Å²) < 4.78 is 26.1. The van der Waals surface area contributed by atoms with Gasteiger partial charge in [-0.15, -0.1) is 10.2 Å². The molecule has 122 valence electrons. The molecule has 0 radical (unpaired) electrons. The number of rotatable bonds is 3. The molecular weight excluding hydrogens is 303 g/mol. The summed E-state index contributed by atoms with van der Waals surface area (Å²) in [6.07, 6.45) is 1.22. The van der Waals surface area contributed by atoms with Crippen LogP contribution in [-0.2, 0) is 11.8 Å². The minimum atomic E-state index is -0.479. The van der Waals surface area contributed by atoms with Crippen molar-refractivity contribution >= 4 is 5.91 Å². The van der Waals surface area contributed by atoms with Crippen LogP contribution in [0.5, 0.6) is 5.75 Å². The zero-order valence-corrected chi connectivity index (χ0v) is 12.9. The van der Waals surface area contributed by atoms with Gasteiger partial charge in [0.15, 0.2) is 5.82 Å². The van der Waals surface area contributed by atoms with Crippen LogP contribution in [-0.4, -0.2) is 52.4 Å². The Morgan fingerprint density at radius 2 is 2.30 bits per heavy atom. The third-order valence-electron chi connectivity index (χ3n) is 3.78. The van der Waals surface area contributed by atoms with Crippen LogP contribution in [0.4, 0.5) is 4.39 Å². The second-order valence-corrected chi connectivity index (χ2v) is 5.26. The van der Waals surface area contributed by atoms with Crippen LogP contribution in [0.3, 0.4) is 0 Å². The Morgan fingerprint density at radius 3 is 3.00 bits per heavy atom. The monoisotopic (exact) mass is 320 g/mol. The van der Waals surface area contributed by atoms with Crippen LogP contribution >= 0.6 is 0 Å². The van der Waals surface area contributed by atoms with E-state index in [0.717, 1.165) is 0 Å². The lowest BCUT2D eigenvalue weighted by Crippen LogP contribution is -2.43. The molecule has 0 spiro atoms. The summed E-state index contributed by atoms with van der Waals surface area (Å²) in [6.45, 7) is 1.12. The fourth-order valence-electron chi connectivity index (χ4n) is 2.59. The molecule has 0 aliphatic carbocycles. The Hall–Kier alpha value is -2.48. The summed E-state index contributed by atoms with van der Waals surface area (Å²) in [7, 11) is 3.26. The standard InChI is InChI=1S/C15H17FN4O3/c1-19-9-17-18-14(19)13-8-20(5-6-23-13)15(21)11-7-10(16)3-4-12(11)22-2/h3-4,7,9,13H,5-6,8H2,1-2H3/t13-/m0/s1. The maximum absolute atomic E-state index is 13.5. The van der Waals surface area contributed by atoms with E-state index in [0.29, 0.717) is 31.3 Å². The molecule has 1 amide bonds. The number of nitrogens with zero attached hydrogens (tertiary/aromatic N) is 4. The second kappa shape index (κ2) is 6.33. The highest BCUT2D eigenvalue weighted by atomic mass is 19.1. The fourth-order valence-corrected chi connectivity index (χ4v) is 2.59. The zero-order chi connectivity index (χ0) is 16.4. The number of hydrogen-bond donors (Lipinski definition) is 0. The van der Waals surface area contributed by atoms with E-state index in [1.165, 1.54) is 25.3 Å². The third kappa shape index (κ3) is 3.02. The van der Waals surface area contributed by atoms with E-state index in [2.05, 4.69) is 10.2 Å². The first-order valence-electron chi connectivity index (χ1n) is 7.18. The van der Waals surface area contributed by atoms with Crippen LogP contribution in [0, 0.1) is 5.82 Å². The van der Waals surface area contributed by atoms with Crippen molar-refractivity contribution in [2.45, 2.75) is 6.10 Å². The highest BCUT2D eigenvalue weighted by molar-refractivity contribution is 5.97. The molecule has 2 aromatic rings. The van der Waals surface area contributed by atoms with Crippen molar-refractivity contribution in [3.05, 3.63) is 41.7 Å². The number of carbonyl (C=O) groups is 1. The van der Waals surface area contributed by atoms with Crippen molar-refractivity contribution < 1.29 is 18.7 Å². The molecule has 1 saturated heterocycles. The van der Waals surface area contributed by atoms with Gasteiger partial charge in [0.25, 0.3) is 5.91 Å². The highest BCUT2D eigenvalue weighted by Crippen LogP contribution is 2.25. The summed E-state index contributed by atoms with van der Waals surface area (Å²) >= 11 is 0. The van der Waals surface area contributed by atoms with Crippen molar-refractivity contribution in [1.29, 1.82) is 0 Å². The molecule has 8 heteroatoms. The van der Waals surface area contributed by atoms with Gasteiger partial charge in [0.05, 0.1) is 25.8 Å². The molecule has 1 aliphatic heterocycles. The van der Waals surface area contributed by atoms with E-state index in [-0.39, 0.29) is 17.6 Å². The largest absolute Gasteiger partial charge is 0.496 e. The number of carbonyl (C=O) groups excluding carboxylic acids is 1. The maximum Gasteiger partial charge on any atom is 0.257 e. The number of ether oxygens (including phenoxy) is 2. The van der Waals surface area contributed by atoms with Crippen molar-refractivity contribution in [2.24, 2.45) is 7.05 Å². The van der Waals surface area contributed by atoms with Gasteiger partial charge in [-0.1, -0.05) is 0 Å². The number of hydrogen-bond acceptors (Lipinski definition) is 5. The highest BCUT2D eigenvalue weighted by Gasteiger charge is 2.30. The van der Waals surface area contributed by atoms with Crippen molar-refractivity contribution in [3.63, 3.8) is 0 Å². The van der Waals surface area contributed by atoms with Gasteiger partial charge in [-0.3, -0.25) is 4.79 Å². The molecule has 3 rings (SSSR count). The molecule has 2 heterocycles. The molecule has 23 heavy (non-hydrogen) atoms. The maximum atomic E-state index is 13.5. The Balaban J connectivity index is 1.83. The minimum Gasteiger partial charge on any atom is -0.496 e. The average molecular weight is 320 g/mol. The molecule has 0 N–H and O–H groups in total. The fraction of sp³-hybridized carbons (Fsp3) is 0.400. The summed E-state index contributed by atoms with van der Waals surface area (Å²) in [5.74, 6) is 0.218. The average Bonchev–Trinajstić information content (AvgIpc) is 3.00. The third-order valence-corrected chi connectivity index (χ3v) is 3.78. The lowest BCUT2D eigenvalue weighted by molar-refractivity contribution is -0.0281. The number of morpholine rings is 1. The van der Waals surface area contributed by atoms with Gasteiger partial charge in [-0.05, 0) is 18.2 Å². The number of amides is 1. The number of aryl methyl sites for hydroxylation is 1. The molecule has 1 aliphatic rings. The smallest absolute Gasteiger partial charge is 0.257 e. The van der Waals surface area contributed by atoms with E-state index in [1.807, 2.05) is 7.05 Å². The number of halogens is 1. The van der Waals surface area contributed by atoms with Gasteiger partial charge < -0.3 is 18.9 Å². The van der Waals surface area contributed by atoms with Crippen LogP contribution in [0.25, 0.3) is 0 Å².